The summed E-state index contributed by atoms with van der Waals surface area (Å²) in [6.45, 7) is 4.16. The number of ether oxygens (including phenoxy) is 2. The molecule has 7 nitrogen and oxygen atoms in total. The summed E-state index contributed by atoms with van der Waals surface area (Å²) in [6, 6.07) is 28.0. The van der Waals surface area contributed by atoms with Crippen LogP contribution in [0.25, 0.3) is 0 Å². The molecule has 0 saturated carbocycles. The first kappa shape index (κ1) is 30.3. The van der Waals surface area contributed by atoms with Crippen LogP contribution in [0.1, 0.15) is 49.8 Å². The first-order valence-corrected chi connectivity index (χ1v) is 15.2. The Kier molecular flexibility index (Phi) is 10.6. The number of alkyl halides is 1. The molecule has 0 unspecified atom stereocenters. The number of rotatable bonds is 12. The maximum Gasteiger partial charge on any atom is 0.418 e. The molecule has 1 aliphatic rings. The fraction of sp³-hybridized carbons (Fsp3) is 0.364. The van der Waals surface area contributed by atoms with Gasteiger partial charge in [0.15, 0.2) is 5.60 Å². The minimum Gasteiger partial charge on any atom is -0.445 e. The topological polar surface area (TPSA) is 84.9 Å². The van der Waals surface area contributed by atoms with E-state index in [9.17, 15) is 14.4 Å². The zero-order valence-corrected chi connectivity index (χ0v) is 25.1. The largest absolute Gasteiger partial charge is 0.445 e. The molecule has 0 bridgehead atoms. The van der Waals surface area contributed by atoms with Crippen LogP contribution in [0.3, 0.4) is 0 Å². The summed E-state index contributed by atoms with van der Waals surface area (Å²) in [5.41, 5.74) is 1.29. The Balaban J connectivity index is 1.61. The van der Waals surface area contributed by atoms with Gasteiger partial charge in [-0.1, -0.05) is 127 Å². The molecule has 4 rings (SSSR count). The molecule has 8 heteroatoms. The maximum absolute atomic E-state index is 14.2. The average molecular weight is 622 g/mol. The van der Waals surface area contributed by atoms with E-state index in [-0.39, 0.29) is 25.0 Å². The van der Waals surface area contributed by atoms with Crippen LogP contribution in [0.2, 0.25) is 0 Å². The summed E-state index contributed by atoms with van der Waals surface area (Å²) >= 11 is 3.45. The lowest BCUT2D eigenvalue weighted by Crippen LogP contribution is -2.52. The van der Waals surface area contributed by atoms with E-state index in [4.69, 9.17) is 9.47 Å². The second kappa shape index (κ2) is 14.3. The third-order valence-corrected chi connectivity index (χ3v) is 7.97. The van der Waals surface area contributed by atoms with E-state index in [0.29, 0.717) is 6.42 Å². The Bertz CT molecular complexity index is 1250. The van der Waals surface area contributed by atoms with Crippen molar-refractivity contribution in [1.29, 1.82) is 0 Å². The molecule has 1 saturated heterocycles. The number of nitrogens with zero attached hydrogens (tertiary/aromatic N) is 1. The average Bonchev–Trinajstić information content (AvgIpc) is 3.33. The predicted molar refractivity (Wildman–Crippen MR) is 161 cm³/mol. The Hall–Kier alpha value is -3.65. The van der Waals surface area contributed by atoms with E-state index in [1.54, 1.807) is 0 Å². The molecule has 3 amide bonds. The molecule has 1 fully saturated rings. The van der Waals surface area contributed by atoms with E-state index in [0.717, 1.165) is 34.9 Å². The molecular weight excluding hydrogens is 584 g/mol. The second-order valence-corrected chi connectivity index (χ2v) is 11.4. The molecule has 0 radical (unpaired) electrons. The molecule has 41 heavy (non-hydrogen) atoms. The number of nitrogens with one attached hydrogen (secondary N) is 1. The van der Waals surface area contributed by atoms with Crippen molar-refractivity contribution in [1.82, 2.24) is 10.2 Å². The SMILES string of the molecule is CC(C)[C@H]1N(C(=O)[C@@H](CCCCBr)CNC(=O)OCc2ccccc2)C(=O)OC1(c1ccccc1)c1ccccc1. The Morgan fingerprint density at radius 3 is 2.02 bits per heavy atom. The molecule has 0 aromatic heterocycles. The fourth-order valence-electron chi connectivity index (χ4n) is 5.51. The first-order chi connectivity index (χ1) is 19.9. The first-order valence-electron chi connectivity index (χ1n) is 14.1. The van der Waals surface area contributed by atoms with E-state index < -0.39 is 29.7 Å². The lowest BCUT2D eigenvalue weighted by molar-refractivity contribution is -0.134. The van der Waals surface area contributed by atoms with Gasteiger partial charge >= 0.3 is 12.2 Å². The number of hydrogen-bond donors (Lipinski definition) is 1. The summed E-state index contributed by atoms with van der Waals surface area (Å²) in [6.07, 6.45) is 0.818. The van der Waals surface area contributed by atoms with Crippen molar-refractivity contribution in [3.8, 4) is 0 Å². The standard InChI is InChI=1S/C33H37BrN2O5/c1-24(2)29-33(27-17-8-4-9-18-27,28-19-10-5-11-20-28)41-32(39)36(29)30(37)26(16-12-13-21-34)22-35-31(38)40-23-25-14-6-3-7-15-25/h3-11,14-15,17-20,24,26,29H,12-13,16,21-23H2,1-2H3,(H,35,38)/t26-,29+/m0/s1. The van der Waals surface area contributed by atoms with Crippen molar-refractivity contribution >= 4 is 34.0 Å². The number of carbonyl (C=O) groups is 3. The molecule has 1 aliphatic heterocycles. The van der Waals surface area contributed by atoms with Crippen LogP contribution in [-0.2, 0) is 26.5 Å². The van der Waals surface area contributed by atoms with E-state index in [2.05, 4.69) is 21.2 Å². The zero-order chi connectivity index (χ0) is 29.2. The van der Waals surface area contributed by atoms with Crippen molar-refractivity contribution in [2.45, 2.75) is 51.4 Å². The quantitative estimate of drug-likeness (QED) is 0.173. The number of alkyl carbamates (subject to hydrolysis) is 1. The van der Waals surface area contributed by atoms with Gasteiger partial charge in [-0.15, -0.1) is 0 Å². The number of hydrogen-bond acceptors (Lipinski definition) is 5. The molecule has 1 heterocycles. The number of carbonyl (C=O) groups excluding carboxylic acids is 3. The monoisotopic (exact) mass is 620 g/mol. The van der Waals surface area contributed by atoms with E-state index in [1.165, 1.54) is 4.90 Å². The third-order valence-electron chi connectivity index (χ3n) is 7.40. The Morgan fingerprint density at radius 2 is 1.49 bits per heavy atom. The predicted octanol–water partition coefficient (Wildman–Crippen LogP) is 7.04. The van der Waals surface area contributed by atoms with Crippen molar-refractivity contribution in [2.75, 3.05) is 11.9 Å². The normalized spacial score (nSPS) is 16.7. The number of halogens is 1. The fourth-order valence-corrected chi connectivity index (χ4v) is 5.91. The lowest BCUT2D eigenvalue weighted by Gasteiger charge is -2.38. The maximum atomic E-state index is 14.2. The highest BCUT2D eigenvalue weighted by Gasteiger charge is 2.59. The van der Waals surface area contributed by atoms with Gasteiger partial charge in [0.25, 0.3) is 0 Å². The highest BCUT2D eigenvalue weighted by molar-refractivity contribution is 9.09. The third kappa shape index (κ3) is 6.99. The summed E-state index contributed by atoms with van der Waals surface area (Å²) in [5.74, 6) is -1.12. The van der Waals surface area contributed by atoms with Crippen LogP contribution in [0.15, 0.2) is 91.0 Å². The molecular formula is C33H37BrN2O5. The highest BCUT2D eigenvalue weighted by atomic mass is 79.9. The molecule has 3 aromatic rings. The van der Waals surface area contributed by atoms with Gasteiger partial charge < -0.3 is 14.8 Å². The van der Waals surface area contributed by atoms with Crippen molar-refractivity contribution < 1.29 is 23.9 Å². The summed E-state index contributed by atoms with van der Waals surface area (Å²) in [5, 5.41) is 3.55. The van der Waals surface area contributed by atoms with Gasteiger partial charge in [0, 0.05) is 23.0 Å². The molecule has 0 aliphatic carbocycles. The number of benzene rings is 3. The van der Waals surface area contributed by atoms with Crippen molar-refractivity contribution in [2.24, 2.45) is 11.8 Å². The van der Waals surface area contributed by atoms with Crippen LogP contribution < -0.4 is 5.32 Å². The van der Waals surface area contributed by atoms with Crippen LogP contribution in [0.4, 0.5) is 9.59 Å². The highest BCUT2D eigenvalue weighted by Crippen LogP contribution is 2.47. The molecule has 3 aromatic carbocycles. The van der Waals surface area contributed by atoms with Gasteiger partial charge in [-0.3, -0.25) is 4.79 Å². The number of imide groups is 1. The van der Waals surface area contributed by atoms with Gasteiger partial charge in [-0.2, -0.15) is 0 Å². The second-order valence-electron chi connectivity index (χ2n) is 10.6. The van der Waals surface area contributed by atoms with Gasteiger partial charge in [-0.05, 0) is 24.3 Å². The summed E-state index contributed by atoms with van der Waals surface area (Å²) in [4.78, 5) is 41.8. The van der Waals surface area contributed by atoms with Crippen LogP contribution in [0.5, 0.6) is 0 Å². The molecule has 2 atom stereocenters. The molecule has 1 N–H and O–H groups in total. The van der Waals surface area contributed by atoms with Crippen LogP contribution >= 0.6 is 15.9 Å². The van der Waals surface area contributed by atoms with Gasteiger partial charge in [0.05, 0.1) is 12.0 Å². The van der Waals surface area contributed by atoms with E-state index >= 15 is 0 Å². The number of amides is 3. The van der Waals surface area contributed by atoms with E-state index in [1.807, 2.05) is 105 Å². The number of unbranched alkanes of at least 4 members (excludes halogenated alkanes) is 1. The lowest BCUT2D eigenvalue weighted by atomic mass is 9.75. The molecule has 0 spiro atoms. The van der Waals surface area contributed by atoms with Gasteiger partial charge in [0.2, 0.25) is 5.91 Å². The summed E-state index contributed by atoms with van der Waals surface area (Å²) < 4.78 is 11.6. The Morgan fingerprint density at radius 1 is 0.927 bits per heavy atom. The van der Waals surface area contributed by atoms with Crippen LogP contribution in [0, 0.1) is 11.8 Å². The van der Waals surface area contributed by atoms with Crippen molar-refractivity contribution in [3.63, 3.8) is 0 Å². The number of cyclic esters (lactones) is 1. The van der Waals surface area contributed by atoms with Crippen molar-refractivity contribution in [3.05, 3.63) is 108 Å². The summed E-state index contributed by atoms with van der Waals surface area (Å²) in [7, 11) is 0. The molecule has 216 valence electrons. The van der Waals surface area contributed by atoms with Gasteiger partial charge in [0.1, 0.15) is 6.61 Å². The Labute approximate surface area is 250 Å². The van der Waals surface area contributed by atoms with Crippen LogP contribution in [-0.4, -0.2) is 40.9 Å². The smallest absolute Gasteiger partial charge is 0.418 e. The van der Waals surface area contributed by atoms with Gasteiger partial charge in [-0.25, -0.2) is 14.5 Å². The zero-order valence-electron chi connectivity index (χ0n) is 23.5. The minimum atomic E-state index is -1.17. The minimum absolute atomic E-state index is 0.0486.